The molecule has 3 N–H and O–H groups in total. The van der Waals surface area contributed by atoms with Gasteiger partial charge in [0.2, 0.25) is 0 Å². The van der Waals surface area contributed by atoms with Crippen molar-refractivity contribution in [1.29, 1.82) is 0 Å². The molecule has 0 radical (unpaired) electrons. The largest absolute Gasteiger partial charge is 0.870 e. The molecule has 0 amide bonds. The number of carbonyl (C=O) groups excluding carboxylic acids is 2. The predicted octanol–water partition coefficient (Wildman–Crippen LogP) is 6.40. The molecule has 0 spiro atoms. The Morgan fingerprint density at radius 2 is 1.63 bits per heavy atom. The first kappa shape index (κ1) is 38.0. The summed E-state index contributed by atoms with van der Waals surface area (Å²) in [6.07, 6.45) is 4.46. The number of nitrogens with zero attached hydrogens (tertiary/aromatic N) is 1. The molecule has 4 heterocycles. The van der Waals surface area contributed by atoms with Gasteiger partial charge in [-0.15, -0.1) is 0 Å². The molecular weight excluding hydrogens is 700 g/mol. The Bertz CT molecular complexity index is 1800. The number of pyridine rings is 1. The van der Waals surface area contributed by atoms with Crippen LogP contribution in [0.5, 0.6) is 11.5 Å². The molecule has 51 heavy (non-hydrogen) atoms. The third-order valence-corrected chi connectivity index (χ3v) is 10.1. The van der Waals surface area contributed by atoms with Crippen molar-refractivity contribution in [3.8, 4) is 11.5 Å². The zero-order valence-corrected chi connectivity index (χ0v) is 29.8. The van der Waals surface area contributed by atoms with Crippen LogP contribution in [0, 0.1) is 11.7 Å². The maximum atomic E-state index is 13.8. The highest BCUT2D eigenvalue weighted by atomic mass is 35.5. The van der Waals surface area contributed by atoms with E-state index in [1.807, 2.05) is 6.07 Å². The number of aromatic nitrogens is 1. The molecule has 2 bridgehead atoms. The highest BCUT2D eigenvalue weighted by Crippen LogP contribution is 2.36. The lowest BCUT2D eigenvalue weighted by Gasteiger charge is -2.44. The zero-order valence-electron chi connectivity index (χ0n) is 28.2. The number of esters is 2. The van der Waals surface area contributed by atoms with Gasteiger partial charge in [-0.2, -0.15) is 0 Å². The molecule has 3 saturated heterocycles. The minimum absolute atomic E-state index is 0. The summed E-state index contributed by atoms with van der Waals surface area (Å²) in [7, 11) is 3.07. The first-order chi connectivity index (χ1) is 24.2. The minimum atomic E-state index is -0.839. The Kier molecular flexibility index (Phi) is 12.9. The number of carbonyl (C=O) groups is 2. The molecule has 0 aliphatic carbocycles. The Labute approximate surface area is 306 Å². The minimum Gasteiger partial charge on any atom is -0.870 e. The third-order valence-electron chi connectivity index (χ3n) is 9.39. The molecule has 0 saturated carbocycles. The van der Waals surface area contributed by atoms with Crippen molar-refractivity contribution < 1.29 is 43.4 Å². The van der Waals surface area contributed by atoms with Crippen molar-refractivity contribution in [2.45, 2.75) is 44.1 Å². The first-order valence-corrected chi connectivity index (χ1v) is 17.3. The van der Waals surface area contributed by atoms with Gasteiger partial charge in [0.15, 0.2) is 23.9 Å². The summed E-state index contributed by atoms with van der Waals surface area (Å²) in [5.74, 6) is -0.0433. The molecule has 1 unspecified atom stereocenters. The monoisotopic (exact) mass is 739 g/mol. The van der Waals surface area contributed by atoms with Crippen molar-refractivity contribution >= 4 is 35.1 Å². The van der Waals surface area contributed by atoms with Crippen molar-refractivity contribution in [2.75, 3.05) is 33.9 Å². The number of fused-ring (bicyclic) bond motifs is 3. The number of hydrogen-bond donors (Lipinski definition) is 1. The first-order valence-electron chi connectivity index (χ1n) is 16.5. The van der Waals surface area contributed by atoms with Crippen LogP contribution in [0.4, 0.5) is 4.39 Å². The van der Waals surface area contributed by atoms with Gasteiger partial charge in [0.05, 0.1) is 19.8 Å². The van der Waals surface area contributed by atoms with Crippen LogP contribution >= 0.6 is 23.2 Å². The second kappa shape index (κ2) is 17.3. The van der Waals surface area contributed by atoms with E-state index in [2.05, 4.69) is 15.2 Å². The van der Waals surface area contributed by atoms with Gasteiger partial charge < -0.3 is 24.4 Å². The number of halogens is 3. The summed E-state index contributed by atoms with van der Waals surface area (Å²) in [5.41, 5.74) is 2.88. The van der Waals surface area contributed by atoms with E-state index in [1.165, 1.54) is 19.2 Å². The molecular formula is C38H40Cl2FN3O7. The Morgan fingerprint density at radius 1 is 0.941 bits per heavy atom. The molecule has 3 atom stereocenters. The molecule has 4 aromatic rings. The van der Waals surface area contributed by atoms with E-state index in [1.54, 1.807) is 68.0 Å². The van der Waals surface area contributed by atoms with Crippen LogP contribution in [0.25, 0.3) is 0 Å². The van der Waals surface area contributed by atoms with E-state index >= 15 is 0 Å². The van der Waals surface area contributed by atoms with Crippen molar-refractivity contribution in [3.05, 3.63) is 123 Å². The van der Waals surface area contributed by atoms with E-state index in [9.17, 15) is 14.0 Å². The summed E-state index contributed by atoms with van der Waals surface area (Å²) in [6.45, 7) is 3.00. The summed E-state index contributed by atoms with van der Waals surface area (Å²) >= 11 is 13.0. The maximum Gasteiger partial charge on any atom is 0.338 e. The van der Waals surface area contributed by atoms with Crippen LogP contribution in [-0.2, 0) is 27.2 Å². The topological polar surface area (TPSA) is 130 Å². The summed E-state index contributed by atoms with van der Waals surface area (Å²) in [6, 6.07) is 17.2. The van der Waals surface area contributed by atoms with Gasteiger partial charge in [-0.3, -0.25) is 10.2 Å². The van der Waals surface area contributed by atoms with Crippen LogP contribution in [0.2, 0.25) is 10.0 Å². The Balaban J connectivity index is 0.00000504. The average Bonchev–Trinajstić information content (AvgIpc) is 3.13. The summed E-state index contributed by atoms with van der Waals surface area (Å²) in [4.78, 5) is 32.5. The van der Waals surface area contributed by atoms with E-state index in [0.717, 1.165) is 38.0 Å². The lowest BCUT2D eigenvalue weighted by molar-refractivity contribution is -0.377. The number of methoxy groups -OCH3 is 2. The fourth-order valence-electron chi connectivity index (χ4n) is 6.62. The second-order valence-electron chi connectivity index (χ2n) is 12.5. The van der Waals surface area contributed by atoms with Gasteiger partial charge in [-0.1, -0.05) is 53.5 Å². The lowest BCUT2D eigenvalue weighted by atomic mass is 9.86. The van der Waals surface area contributed by atoms with Crippen LogP contribution in [-0.4, -0.2) is 62.3 Å². The lowest BCUT2D eigenvalue weighted by Crippen LogP contribution is -2.52. The number of piperidine rings is 3. The highest BCUT2D eigenvalue weighted by molar-refractivity contribution is 6.35. The van der Waals surface area contributed by atoms with E-state index in [-0.39, 0.29) is 24.5 Å². The molecule has 3 aliphatic heterocycles. The summed E-state index contributed by atoms with van der Waals surface area (Å²) in [5, 5.41) is 4.08. The number of rotatable bonds is 13. The maximum absolute atomic E-state index is 13.8. The molecule has 3 fully saturated rings. The number of aromatic amines is 1. The van der Waals surface area contributed by atoms with Crippen LogP contribution in [0.1, 0.15) is 57.6 Å². The number of H-pyrrole nitrogens is 1. The van der Waals surface area contributed by atoms with Gasteiger partial charge in [-0.25, -0.2) is 19.0 Å². The molecule has 13 heteroatoms. The quantitative estimate of drug-likeness (QED) is 0.155. The number of benzene rings is 3. The molecule has 270 valence electrons. The van der Waals surface area contributed by atoms with Gasteiger partial charge in [0, 0.05) is 25.1 Å². The van der Waals surface area contributed by atoms with Crippen LogP contribution < -0.4 is 19.8 Å². The Hall–Kier alpha value is -4.26. The predicted molar refractivity (Wildman–Crippen MR) is 188 cm³/mol. The van der Waals surface area contributed by atoms with E-state index in [0.29, 0.717) is 49.7 Å². The summed E-state index contributed by atoms with van der Waals surface area (Å²) < 4.78 is 36.9. The van der Waals surface area contributed by atoms with Crippen molar-refractivity contribution in [1.82, 2.24) is 10.2 Å². The zero-order chi connectivity index (χ0) is 35.2. The fraction of sp³-hybridized carbons (Fsp3) is 0.342. The highest BCUT2D eigenvalue weighted by Gasteiger charge is 2.38. The molecule has 3 aliphatic rings. The molecule has 7 rings (SSSR count). The van der Waals surface area contributed by atoms with Gasteiger partial charge >= 0.3 is 11.9 Å². The third kappa shape index (κ3) is 9.16. The van der Waals surface area contributed by atoms with Crippen molar-refractivity contribution in [3.63, 3.8) is 0 Å². The fourth-order valence-corrected chi connectivity index (χ4v) is 7.15. The normalized spacial score (nSPS) is 19.0. The Morgan fingerprint density at radius 3 is 2.27 bits per heavy atom. The average molecular weight is 741 g/mol. The SMILES string of the molecule is COc1ccc([C@H](Cc2c(Cl)c[nH+]cc2Cl)OC(=O)c2cccc(CNC(C(=O)O[C@H]3CN4CCC3CC4)c3ccc(F)cc3)c2)cc1OC.[OH-]. The van der Waals surface area contributed by atoms with Crippen molar-refractivity contribution in [2.24, 2.45) is 5.92 Å². The molecule has 1 aromatic heterocycles. The van der Waals surface area contributed by atoms with E-state index in [4.69, 9.17) is 42.1 Å². The van der Waals surface area contributed by atoms with Crippen LogP contribution in [0.3, 0.4) is 0 Å². The van der Waals surface area contributed by atoms with Gasteiger partial charge in [-0.05, 0) is 84.9 Å². The van der Waals surface area contributed by atoms with Gasteiger partial charge in [0.25, 0.3) is 0 Å². The molecule has 3 aromatic carbocycles. The smallest absolute Gasteiger partial charge is 0.338 e. The standard InChI is InChI=1S/C38H38Cl2FN3O6.H2O/c1-47-32-11-8-26(17-34(32)48-2)33(18-29-30(39)20-42-21-31(29)40)49-37(45)27-5-3-4-23(16-27)19-43-36(25-6-9-28(41)10-7-25)38(46)50-35-22-44-14-12-24(35)13-15-44;/h3-11,16-17,20-21,24,33,35-36,43H,12-15,18-19,22H2,1-2H3;1H2/t33-,35-,36?;/m0./s1. The number of nitrogens with one attached hydrogen (secondary N) is 2. The number of ether oxygens (including phenoxy) is 4. The van der Waals surface area contributed by atoms with Gasteiger partial charge in [0.1, 0.15) is 34.1 Å². The van der Waals surface area contributed by atoms with Crippen LogP contribution in [0.15, 0.2) is 79.1 Å². The molecule has 10 nitrogen and oxygen atoms in total. The number of hydrogen-bond acceptors (Lipinski definition) is 9. The second-order valence-corrected chi connectivity index (χ2v) is 13.3. The van der Waals surface area contributed by atoms with E-state index < -0.39 is 29.9 Å².